The number of hydrogen-bond acceptors (Lipinski definition) is 4. The molecule has 5 nitrogen and oxygen atoms in total. The van der Waals surface area contributed by atoms with Crippen molar-refractivity contribution in [3.63, 3.8) is 0 Å². The second kappa shape index (κ2) is 4.42. The van der Waals surface area contributed by atoms with Gasteiger partial charge in [0.1, 0.15) is 11.4 Å². The van der Waals surface area contributed by atoms with Gasteiger partial charge in [0.25, 0.3) is 0 Å². The molecule has 1 heterocycles. The van der Waals surface area contributed by atoms with Gasteiger partial charge in [-0.3, -0.25) is 0 Å². The van der Waals surface area contributed by atoms with E-state index in [0.29, 0.717) is 12.5 Å². The molecule has 0 unspecified atom stereocenters. The normalized spacial score (nSPS) is 15.6. The molecule has 1 aliphatic rings. The first-order chi connectivity index (χ1) is 8.79. The molecule has 18 heavy (non-hydrogen) atoms. The van der Waals surface area contributed by atoms with Crippen LogP contribution in [0.4, 0.5) is 0 Å². The van der Waals surface area contributed by atoms with Crippen molar-refractivity contribution in [1.82, 2.24) is 15.0 Å². The Morgan fingerprint density at radius 2 is 2.00 bits per heavy atom. The van der Waals surface area contributed by atoms with Crippen LogP contribution in [0.5, 0.6) is 5.75 Å². The smallest absolute Gasteiger partial charge is 0.115 e. The lowest BCUT2D eigenvalue weighted by Gasteiger charge is -2.26. The minimum absolute atomic E-state index is 0.253. The monoisotopic (exact) mass is 244 g/mol. The van der Waals surface area contributed by atoms with Gasteiger partial charge in [0, 0.05) is 12.5 Å². The zero-order valence-electron chi connectivity index (χ0n) is 10.1. The standard InChI is InChI=1S/C13H16N4O/c14-8-12-13(9-2-1-3-9)17(16-15-12)10-4-6-11(18)7-5-10/h4-7,9,18H,1-3,8,14H2. The highest BCUT2D eigenvalue weighted by molar-refractivity contribution is 5.38. The number of benzene rings is 1. The molecule has 0 spiro atoms. The molecular weight excluding hydrogens is 228 g/mol. The van der Waals surface area contributed by atoms with Crippen LogP contribution in [0.3, 0.4) is 0 Å². The van der Waals surface area contributed by atoms with Gasteiger partial charge in [0.2, 0.25) is 0 Å². The number of nitrogens with zero attached hydrogens (tertiary/aromatic N) is 3. The molecule has 0 saturated heterocycles. The molecular formula is C13H16N4O. The van der Waals surface area contributed by atoms with Crippen LogP contribution < -0.4 is 5.73 Å². The van der Waals surface area contributed by atoms with Crippen LogP contribution >= 0.6 is 0 Å². The zero-order chi connectivity index (χ0) is 12.5. The highest BCUT2D eigenvalue weighted by Gasteiger charge is 2.27. The highest BCUT2D eigenvalue weighted by atomic mass is 16.3. The third-order valence-electron chi connectivity index (χ3n) is 3.56. The van der Waals surface area contributed by atoms with Crippen molar-refractivity contribution >= 4 is 0 Å². The summed E-state index contributed by atoms with van der Waals surface area (Å²) in [7, 11) is 0. The fourth-order valence-corrected chi connectivity index (χ4v) is 2.34. The van der Waals surface area contributed by atoms with Gasteiger partial charge in [-0.1, -0.05) is 11.6 Å². The second-order valence-corrected chi connectivity index (χ2v) is 4.68. The van der Waals surface area contributed by atoms with Gasteiger partial charge in [-0.2, -0.15) is 0 Å². The summed E-state index contributed by atoms with van der Waals surface area (Å²) >= 11 is 0. The first-order valence-electron chi connectivity index (χ1n) is 6.23. The molecule has 3 N–H and O–H groups in total. The van der Waals surface area contributed by atoms with Crippen LogP contribution in [0.15, 0.2) is 24.3 Å². The van der Waals surface area contributed by atoms with E-state index in [1.165, 1.54) is 19.3 Å². The maximum absolute atomic E-state index is 9.33. The molecule has 1 aliphatic carbocycles. The quantitative estimate of drug-likeness (QED) is 0.861. The van der Waals surface area contributed by atoms with Gasteiger partial charge >= 0.3 is 0 Å². The SMILES string of the molecule is NCc1nnn(-c2ccc(O)cc2)c1C1CCC1. The van der Waals surface area contributed by atoms with E-state index in [0.717, 1.165) is 17.1 Å². The predicted octanol–water partition coefficient (Wildman–Crippen LogP) is 1.70. The van der Waals surface area contributed by atoms with Crippen LogP contribution in [0.2, 0.25) is 0 Å². The Bertz CT molecular complexity index is 543. The third kappa shape index (κ3) is 1.76. The summed E-state index contributed by atoms with van der Waals surface area (Å²) in [5, 5.41) is 17.7. The number of phenolic OH excluding ortho intramolecular Hbond substituents is 1. The molecule has 1 fully saturated rings. The maximum Gasteiger partial charge on any atom is 0.115 e. The van der Waals surface area contributed by atoms with Crippen molar-refractivity contribution in [2.75, 3.05) is 0 Å². The molecule has 0 atom stereocenters. The lowest BCUT2D eigenvalue weighted by atomic mass is 9.82. The maximum atomic E-state index is 9.33. The molecule has 5 heteroatoms. The minimum Gasteiger partial charge on any atom is -0.508 e. The Labute approximate surface area is 105 Å². The van der Waals surface area contributed by atoms with E-state index in [1.807, 2.05) is 16.8 Å². The molecule has 3 rings (SSSR count). The number of hydrogen-bond donors (Lipinski definition) is 2. The van der Waals surface area contributed by atoms with Gasteiger partial charge in [-0.25, -0.2) is 4.68 Å². The molecule has 0 amide bonds. The summed E-state index contributed by atoms with van der Waals surface area (Å²) in [5.41, 5.74) is 8.66. The van der Waals surface area contributed by atoms with Gasteiger partial charge in [-0.05, 0) is 37.1 Å². The third-order valence-corrected chi connectivity index (χ3v) is 3.56. The first-order valence-corrected chi connectivity index (χ1v) is 6.23. The van der Waals surface area contributed by atoms with E-state index in [9.17, 15) is 5.11 Å². The largest absolute Gasteiger partial charge is 0.508 e. The van der Waals surface area contributed by atoms with Crippen LogP contribution in [0, 0.1) is 0 Å². The Kier molecular flexibility index (Phi) is 2.76. The van der Waals surface area contributed by atoms with E-state index in [4.69, 9.17) is 5.73 Å². The van der Waals surface area contributed by atoms with E-state index < -0.39 is 0 Å². The van der Waals surface area contributed by atoms with Crippen LogP contribution in [0.25, 0.3) is 5.69 Å². The van der Waals surface area contributed by atoms with E-state index >= 15 is 0 Å². The zero-order valence-corrected chi connectivity index (χ0v) is 10.1. The first kappa shape index (κ1) is 11.2. The Balaban J connectivity index is 2.05. The molecule has 0 radical (unpaired) electrons. The van der Waals surface area contributed by atoms with Crippen molar-refractivity contribution in [3.05, 3.63) is 35.7 Å². The summed E-state index contributed by atoms with van der Waals surface area (Å²) in [6, 6.07) is 6.99. The number of rotatable bonds is 3. The molecule has 0 bridgehead atoms. The number of aromatic hydroxyl groups is 1. The topological polar surface area (TPSA) is 77.0 Å². The molecule has 2 aromatic rings. The second-order valence-electron chi connectivity index (χ2n) is 4.68. The van der Waals surface area contributed by atoms with Gasteiger partial charge in [0.15, 0.2) is 0 Å². The van der Waals surface area contributed by atoms with Crippen molar-refractivity contribution in [2.45, 2.75) is 31.7 Å². The summed E-state index contributed by atoms with van der Waals surface area (Å²) in [5.74, 6) is 0.774. The van der Waals surface area contributed by atoms with Crippen LogP contribution in [0.1, 0.15) is 36.6 Å². The van der Waals surface area contributed by atoms with E-state index in [1.54, 1.807) is 12.1 Å². The van der Waals surface area contributed by atoms with Gasteiger partial charge in [-0.15, -0.1) is 5.10 Å². The van der Waals surface area contributed by atoms with E-state index in [2.05, 4.69) is 10.3 Å². The summed E-state index contributed by atoms with van der Waals surface area (Å²) in [4.78, 5) is 0. The molecule has 94 valence electrons. The summed E-state index contributed by atoms with van der Waals surface area (Å²) in [6.07, 6.45) is 3.62. The molecule has 0 aliphatic heterocycles. The number of nitrogens with two attached hydrogens (primary N) is 1. The van der Waals surface area contributed by atoms with Crippen molar-refractivity contribution < 1.29 is 5.11 Å². The molecule has 1 aromatic carbocycles. The number of aromatic nitrogens is 3. The van der Waals surface area contributed by atoms with Gasteiger partial charge < -0.3 is 10.8 Å². The van der Waals surface area contributed by atoms with Crippen LogP contribution in [-0.2, 0) is 6.54 Å². The Morgan fingerprint density at radius 1 is 1.28 bits per heavy atom. The fraction of sp³-hybridized carbons (Fsp3) is 0.385. The van der Waals surface area contributed by atoms with Crippen molar-refractivity contribution in [1.29, 1.82) is 0 Å². The summed E-state index contributed by atoms with van der Waals surface area (Å²) in [6.45, 7) is 0.421. The average molecular weight is 244 g/mol. The van der Waals surface area contributed by atoms with E-state index in [-0.39, 0.29) is 5.75 Å². The minimum atomic E-state index is 0.253. The number of phenols is 1. The van der Waals surface area contributed by atoms with Gasteiger partial charge in [0.05, 0.1) is 11.4 Å². The lowest BCUT2D eigenvalue weighted by molar-refractivity contribution is 0.401. The average Bonchev–Trinajstić information content (AvgIpc) is 2.72. The lowest BCUT2D eigenvalue weighted by Crippen LogP contribution is -2.17. The Hall–Kier alpha value is -1.88. The summed E-state index contributed by atoms with van der Waals surface area (Å²) < 4.78 is 1.85. The predicted molar refractivity (Wildman–Crippen MR) is 67.5 cm³/mol. The van der Waals surface area contributed by atoms with Crippen LogP contribution in [-0.4, -0.2) is 20.1 Å². The van der Waals surface area contributed by atoms with Crippen molar-refractivity contribution in [2.24, 2.45) is 5.73 Å². The molecule has 1 aromatic heterocycles. The molecule has 1 saturated carbocycles. The highest BCUT2D eigenvalue weighted by Crippen LogP contribution is 2.38. The fourth-order valence-electron chi connectivity index (χ4n) is 2.34. The Morgan fingerprint density at radius 3 is 2.56 bits per heavy atom. The van der Waals surface area contributed by atoms with Crippen molar-refractivity contribution in [3.8, 4) is 11.4 Å².